The Morgan fingerprint density at radius 2 is 1.00 bits per heavy atom. The molecule has 11 aliphatic rings. The number of hydrogen-bond donors (Lipinski definition) is 1. The summed E-state index contributed by atoms with van der Waals surface area (Å²) in [5.41, 5.74) is -5.08. The molecule has 0 aromatic heterocycles. The second-order valence-corrected chi connectivity index (χ2v) is 37.6. The summed E-state index contributed by atoms with van der Waals surface area (Å²) in [6, 6.07) is 38.3. The minimum atomic E-state index is -6.78. The highest BCUT2D eigenvalue weighted by molar-refractivity contribution is 7.97. The molecule has 115 heavy (non-hydrogen) atoms. The lowest BCUT2D eigenvalue weighted by Gasteiger charge is -2.60. The molecule has 0 spiro atoms. The van der Waals surface area contributed by atoms with E-state index in [0.717, 1.165) is 55.3 Å². The van der Waals surface area contributed by atoms with Gasteiger partial charge in [-0.1, -0.05) is 149 Å². The van der Waals surface area contributed by atoms with Crippen LogP contribution in [0.2, 0.25) is 0 Å². The van der Waals surface area contributed by atoms with E-state index in [0.29, 0.717) is 50.2 Å². The molecule has 17 nitrogen and oxygen atoms in total. The average molecular weight is 1660 g/mol. The van der Waals surface area contributed by atoms with Crippen molar-refractivity contribution in [3.05, 3.63) is 115 Å². The van der Waals surface area contributed by atoms with Gasteiger partial charge in [0.15, 0.2) is 37.0 Å². The number of esters is 6. The van der Waals surface area contributed by atoms with E-state index in [-0.39, 0.29) is 160 Å². The molecule has 15 atom stereocenters. The third-order valence-corrected chi connectivity index (χ3v) is 28.6. The maximum Gasteiger partial charge on any atom is 0.432 e. The minimum Gasteiger partial charge on any atom is -0.743 e. The molecule has 8 saturated carbocycles. The summed E-state index contributed by atoms with van der Waals surface area (Å²) < 4.78 is 138. The van der Waals surface area contributed by atoms with Crippen molar-refractivity contribution in [3.8, 4) is 11.5 Å². The van der Waals surface area contributed by atoms with Crippen molar-refractivity contribution in [2.45, 2.75) is 326 Å². The Morgan fingerprint density at radius 1 is 0.557 bits per heavy atom. The summed E-state index contributed by atoms with van der Waals surface area (Å²) >= 11 is 0. The van der Waals surface area contributed by atoms with E-state index < -0.39 is 79.1 Å². The highest BCUT2D eigenvalue weighted by Gasteiger charge is 2.70. The molecule has 0 radical (unpaired) electrons. The summed E-state index contributed by atoms with van der Waals surface area (Å²) in [6.45, 7) is 24.8. The van der Waals surface area contributed by atoms with Gasteiger partial charge in [-0.05, 0) is 260 Å². The fourth-order valence-corrected chi connectivity index (χ4v) is 20.8. The maximum absolute atomic E-state index is 13.9. The summed E-state index contributed by atoms with van der Waals surface area (Å²) in [7, 11) is -6.80. The number of alkyl halides is 5. The van der Waals surface area contributed by atoms with Crippen molar-refractivity contribution >= 4 is 56.8 Å². The number of benzene rings is 4. The molecular formula is C91H139F5O17S2. The molecular weight excluding hydrogens is 1520 g/mol. The van der Waals surface area contributed by atoms with Gasteiger partial charge in [-0.25, -0.2) is 8.42 Å². The van der Waals surface area contributed by atoms with Gasteiger partial charge in [0, 0.05) is 12.3 Å². The predicted molar refractivity (Wildman–Crippen MR) is 442 cm³/mol. The Hall–Kier alpha value is -6.63. The largest absolute Gasteiger partial charge is 0.743 e. The lowest BCUT2D eigenvalue weighted by Crippen LogP contribution is -2.62. The first-order valence-corrected chi connectivity index (χ1v) is 40.7. The monoisotopic (exact) mass is 1660 g/mol. The van der Waals surface area contributed by atoms with Crippen LogP contribution in [0, 0.1) is 80.3 Å². The van der Waals surface area contributed by atoms with Crippen LogP contribution in [0.5, 0.6) is 11.5 Å². The van der Waals surface area contributed by atoms with Crippen LogP contribution in [0.4, 0.5) is 22.0 Å². The molecule has 4 aromatic carbocycles. The van der Waals surface area contributed by atoms with Gasteiger partial charge in [0.1, 0.15) is 28.8 Å². The van der Waals surface area contributed by atoms with E-state index in [1.807, 2.05) is 55.4 Å². The van der Waals surface area contributed by atoms with Gasteiger partial charge in [-0.2, -0.15) is 22.0 Å². The van der Waals surface area contributed by atoms with E-state index in [9.17, 15) is 63.7 Å². The quantitative estimate of drug-likeness (QED) is 0.0164. The second kappa shape index (κ2) is 40.0. The first-order chi connectivity index (χ1) is 50.0. The maximum atomic E-state index is 13.9. The molecule has 3 aliphatic heterocycles. The van der Waals surface area contributed by atoms with E-state index in [1.54, 1.807) is 32.9 Å². The van der Waals surface area contributed by atoms with Crippen molar-refractivity contribution in [2.75, 3.05) is 0 Å². The zero-order chi connectivity index (χ0) is 78.4. The summed E-state index contributed by atoms with van der Waals surface area (Å²) in [6.07, 6.45) is 0.938. The molecule has 4 aromatic rings. The Balaban J connectivity index is 0.000000491. The number of carbonyl (C=O) groups excluding carboxylic acids is 6. The normalized spacial score (nSPS) is 28.4. The first-order valence-electron chi connectivity index (χ1n) is 38.1. The standard InChI is InChI=1S/C20H27F5O7S.C20H32O2.C18H15S.C13H18O5.C12H16O3.8CH4/c1-4-16(2,3)14(26)32-18-8-11-5-12(9-18)7-17(6-11,10-18)15(27)31-13(19(21,22)23)20(24,25)33(28,29)30;1-5-19(3,4)18(21)22-20(6-2)11-14-10-15(20)17-13-8-7-12(9-13)16(14)17;1-4-10-16(11-5-1)19(17-12-6-2-7-13-17)18-14-8-3-9-15-18;1-4-13(2,3)12(15)18-9-7-5-6-8(16-7)10(9)17-11(6)14;1-4-12(2,3)11(14)15-10-7-5-9(13)6-8-10;;;;;;;;/h11-13H,4-10H2,1-3H3,(H,28,29,30);12-17H,5-11H2,1-4H3;1-15H;6-10H,4-5H2,1-3H3;5-8,13H,4H2,1-3H3;8*1H4/q;;+1;;;;;;;;;;/p-1. The van der Waals surface area contributed by atoms with Gasteiger partial charge in [-0.15, -0.1) is 0 Å². The minimum absolute atomic E-state index is 0. The van der Waals surface area contributed by atoms with E-state index in [4.69, 9.17) is 33.5 Å². The summed E-state index contributed by atoms with van der Waals surface area (Å²) in [5, 5.41) is 3.15. The van der Waals surface area contributed by atoms with Crippen LogP contribution >= 0.6 is 0 Å². The molecule has 15 unspecified atom stereocenters. The molecule has 0 amide bonds. The smallest absolute Gasteiger partial charge is 0.432 e. The van der Waals surface area contributed by atoms with Gasteiger partial charge in [-0.3, -0.25) is 28.8 Å². The molecule has 3 saturated heterocycles. The number of hydrogen-bond acceptors (Lipinski definition) is 17. The third kappa shape index (κ3) is 21.9. The lowest BCUT2D eigenvalue weighted by atomic mass is 9.48. The van der Waals surface area contributed by atoms with Crippen molar-refractivity contribution in [3.63, 3.8) is 0 Å². The number of phenols is 1. The molecule has 24 heteroatoms. The zero-order valence-electron chi connectivity index (χ0n) is 63.8. The molecule has 1 N–H and O–H groups in total. The van der Waals surface area contributed by atoms with Crippen LogP contribution in [0.3, 0.4) is 0 Å². The van der Waals surface area contributed by atoms with Crippen LogP contribution in [0.25, 0.3) is 0 Å². The number of halogens is 5. The van der Waals surface area contributed by atoms with Gasteiger partial charge in [0.2, 0.25) is 0 Å². The molecule has 11 fully saturated rings. The first kappa shape index (κ1) is 104. The fraction of sp³-hybridized carbons (Fsp3) is 0.670. The van der Waals surface area contributed by atoms with Gasteiger partial charge >= 0.3 is 47.2 Å². The summed E-state index contributed by atoms with van der Waals surface area (Å²) in [4.78, 5) is 77.7. The Morgan fingerprint density at radius 3 is 1.44 bits per heavy atom. The van der Waals surface area contributed by atoms with Gasteiger partial charge < -0.3 is 42.8 Å². The van der Waals surface area contributed by atoms with Crippen LogP contribution in [-0.4, -0.2) is 107 Å². The lowest BCUT2D eigenvalue weighted by molar-refractivity contribution is -0.270. The summed E-state index contributed by atoms with van der Waals surface area (Å²) in [5.74, 6) is 2.57. The zero-order valence-corrected chi connectivity index (χ0v) is 65.4. The molecule has 3 heterocycles. The Bertz CT molecular complexity index is 3820. The average Bonchev–Trinajstić information content (AvgIpc) is 1.58. The van der Waals surface area contributed by atoms with E-state index >= 15 is 0 Å². The number of carbonyl (C=O) groups is 6. The highest BCUT2D eigenvalue weighted by atomic mass is 32.2. The van der Waals surface area contributed by atoms with Gasteiger partial charge in [0.25, 0.3) is 6.10 Å². The van der Waals surface area contributed by atoms with Crippen molar-refractivity contribution in [1.29, 1.82) is 0 Å². The second-order valence-electron chi connectivity index (χ2n) is 34.1. The fourth-order valence-electron chi connectivity index (χ4n) is 18.3. The number of ether oxygens (including phenoxy) is 7. The molecule has 8 aliphatic carbocycles. The van der Waals surface area contributed by atoms with Gasteiger partial charge in [0.05, 0.1) is 50.0 Å². The van der Waals surface area contributed by atoms with Crippen molar-refractivity contribution in [1.82, 2.24) is 0 Å². The van der Waals surface area contributed by atoms with Crippen molar-refractivity contribution in [2.24, 2.45) is 80.3 Å². The highest BCUT2D eigenvalue weighted by Crippen LogP contribution is 2.71. The van der Waals surface area contributed by atoms with Crippen molar-refractivity contribution < 1.29 is 102 Å². The Kier molecular flexibility index (Phi) is 36.3. The van der Waals surface area contributed by atoms with Crippen LogP contribution in [0.15, 0.2) is 130 Å². The molecule has 652 valence electrons. The predicted octanol–water partition coefficient (Wildman–Crippen LogP) is 22.4. The van der Waals surface area contributed by atoms with Crippen LogP contribution in [0.1, 0.15) is 259 Å². The number of fused-ring (bicyclic) bond motifs is 10. The van der Waals surface area contributed by atoms with E-state index in [2.05, 4.69) is 110 Å². The van der Waals surface area contributed by atoms with Crippen LogP contribution in [-0.2, 0) is 78.2 Å². The third-order valence-electron chi connectivity index (χ3n) is 25.5. The van der Waals surface area contributed by atoms with E-state index in [1.165, 1.54) is 52.5 Å². The van der Waals surface area contributed by atoms with Crippen LogP contribution < -0.4 is 4.74 Å². The number of aromatic hydroxyl groups is 1. The SMILES string of the molecule is C.C.C.C.C.C.C.C.CCC(C)(C)C(=O)OC1(CC)CC2CC1C1C3CCC(C3)C21.CCC(C)(C)C(=O)OC12CC3CC(C1)CC(C(=O)OC(C(F)(F)F)C(F)(F)S(=O)(=O)[O-])(C3)C2.CCC(C)(C)C(=O)OC1C2CC3C(=O)OC1C3O2.CCC(C)(C)C(=O)Oc1ccc(O)cc1.c1ccc([S+](c2ccccc2)c2ccccc2)cc1. The number of phenolic OH excluding ortho intramolecular Hbond substituents is 1. The molecule has 15 rings (SSSR count). The Labute approximate surface area is 688 Å². The molecule has 10 bridgehead atoms. The number of rotatable bonds is 20. The topological polar surface area (TPSA) is 244 Å².